The van der Waals surface area contributed by atoms with Gasteiger partial charge in [-0.2, -0.15) is 0 Å². The molecular formula is C7H12FN. The molecule has 1 aliphatic heterocycles. The topological polar surface area (TPSA) is 12.0 Å². The molecule has 0 aromatic heterocycles. The van der Waals surface area contributed by atoms with Crippen molar-refractivity contribution in [3.63, 3.8) is 0 Å². The zero-order valence-electron chi connectivity index (χ0n) is 5.82. The molecule has 2 unspecified atom stereocenters. The molecule has 0 aromatic rings. The SMILES string of the molecule is CC1=CC(F)C(C)NC1. The van der Waals surface area contributed by atoms with Crippen LogP contribution in [0.2, 0.25) is 0 Å². The van der Waals surface area contributed by atoms with E-state index in [9.17, 15) is 4.39 Å². The maximum atomic E-state index is 12.7. The Morgan fingerprint density at radius 2 is 2.44 bits per heavy atom. The van der Waals surface area contributed by atoms with E-state index in [1.165, 1.54) is 0 Å². The Balaban J connectivity index is 2.58. The fourth-order valence-corrected chi connectivity index (χ4v) is 0.910. The van der Waals surface area contributed by atoms with Crippen LogP contribution in [0.15, 0.2) is 11.6 Å². The second-order valence-corrected chi connectivity index (χ2v) is 2.63. The average molecular weight is 129 g/mol. The van der Waals surface area contributed by atoms with Crippen LogP contribution < -0.4 is 5.32 Å². The van der Waals surface area contributed by atoms with Crippen molar-refractivity contribution in [1.29, 1.82) is 0 Å². The Kier molecular flexibility index (Phi) is 1.86. The van der Waals surface area contributed by atoms with Gasteiger partial charge in [0.2, 0.25) is 0 Å². The summed E-state index contributed by atoms with van der Waals surface area (Å²) >= 11 is 0. The first kappa shape index (κ1) is 6.75. The molecule has 1 aliphatic rings. The largest absolute Gasteiger partial charge is 0.307 e. The molecule has 1 rings (SSSR count). The van der Waals surface area contributed by atoms with Gasteiger partial charge >= 0.3 is 0 Å². The summed E-state index contributed by atoms with van der Waals surface area (Å²) in [5.41, 5.74) is 1.10. The van der Waals surface area contributed by atoms with Gasteiger partial charge in [-0.15, -0.1) is 0 Å². The lowest BCUT2D eigenvalue weighted by Crippen LogP contribution is -2.38. The average Bonchev–Trinajstić information content (AvgIpc) is 1.80. The monoisotopic (exact) mass is 129 g/mol. The van der Waals surface area contributed by atoms with E-state index in [-0.39, 0.29) is 6.04 Å². The lowest BCUT2D eigenvalue weighted by atomic mass is 10.1. The molecule has 2 atom stereocenters. The summed E-state index contributed by atoms with van der Waals surface area (Å²) in [7, 11) is 0. The van der Waals surface area contributed by atoms with Crippen LogP contribution in [-0.2, 0) is 0 Å². The Hall–Kier alpha value is -0.370. The van der Waals surface area contributed by atoms with Crippen molar-refractivity contribution in [2.75, 3.05) is 6.54 Å². The minimum atomic E-state index is -0.793. The molecule has 0 saturated carbocycles. The third kappa shape index (κ3) is 1.52. The molecule has 52 valence electrons. The van der Waals surface area contributed by atoms with Gasteiger partial charge in [-0.05, 0) is 19.9 Å². The molecule has 0 aliphatic carbocycles. The van der Waals surface area contributed by atoms with Crippen LogP contribution in [0.1, 0.15) is 13.8 Å². The predicted molar refractivity (Wildman–Crippen MR) is 36.1 cm³/mol. The van der Waals surface area contributed by atoms with Crippen molar-refractivity contribution in [2.45, 2.75) is 26.1 Å². The van der Waals surface area contributed by atoms with Crippen molar-refractivity contribution in [1.82, 2.24) is 5.32 Å². The quantitative estimate of drug-likeness (QED) is 0.485. The van der Waals surface area contributed by atoms with Gasteiger partial charge in [0.1, 0.15) is 6.17 Å². The van der Waals surface area contributed by atoms with E-state index in [0.717, 1.165) is 12.1 Å². The number of hydrogen-bond donors (Lipinski definition) is 1. The first-order chi connectivity index (χ1) is 4.20. The molecule has 1 heterocycles. The minimum absolute atomic E-state index is 0.00583. The third-order valence-electron chi connectivity index (χ3n) is 1.62. The second kappa shape index (κ2) is 2.48. The highest BCUT2D eigenvalue weighted by atomic mass is 19.1. The van der Waals surface area contributed by atoms with Gasteiger partial charge in [-0.1, -0.05) is 5.57 Å². The van der Waals surface area contributed by atoms with E-state index in [1.54, 1.807) is 6.08 Å². The van der Waals surface area contributed by atoms with Gasteiger partial charge < -0.3 is 5.32 Å². The molecule has 0 radical (unpaired) electrons. The Morgan fingerprint density at radius 1 is 1.78 bits per heavy atom. The summed E-state index contributed by atoms with van der Waals surface area (Å²) in [5, 5.41) is 3.04. The van der Waals surface area contributed by atoms with Gasteiger partial charge in [0.05, 0.1) is 0 Å². The molecule has 0 spiro atoms. The zero-order chi connectivity index (χ0) is 6.85. The molecule has 1 N–H and O–H groups in total. The normalized spacial score (nSPS) is 36.1. The molecule has 0 bridgehead atoms. The van der Waals surface area contributed by atoms with E-state index in [2.05, 4.69) is 5.32 Å². The van der Waals surface area contributed by atoms with E-state index in [4.69, 9.17) is 0 Å². The fraction of sp³-hybridized carbons (Fsp3) is 0.714. The fourth-order valence-electron chi connectivity index (χ4n) is 0.910. The molecular weight excluding hydrogens is 117 g/mol. The van der Waals surface area contributed by atoms with Crippen molar-refractivity contribution >= 4 is 0 Å². The van der Waals surface area contributed by atoms with Crippen LogP contribution in [0, 0.1) is 0 Å². The molecule has 0 saturated heterocycles. The summed E-state index contributed by atoms with van der Waals surface area (Å²) in [6.07, 6.45) is 0.889. The maximum Gasteiger partial charge on any atom is 0.133 e. The van der Waals surface area contributed by atoms with Crippen LogP contribution in [-0.4, -0.2) is 18.8 Å². The van der Waals surface area contributed by atoms with Crippen molar-refractivity contribution in [3.05, 3.63) is 11.6 Å². The summed E-state index contributed by atoms with van der Waals surface area (Å²) in [4.78, 5) is 0. The minimum Gasteiger partial charge on any atom is -0.307 e. The Labute approximate surface area is 54.9 Å². The second-order valence-electron chi connectivity index (χ2n) is 2.63. The maximum absolute atomic E-state index is 12.7. The zero-order valence-corrected chi connectivity index (χ0v) is 5.82. The summed E-state index contributed by atoms with van der Waals surface area (Å²) in [6.45, 7) is 4.63. The molecule has 0 fully saturated rings. The van der Waals surface area contributed by atoms with Crippen LogP contribution in [0.5, 0.6) is 0 Å². The summed E-state index contributed by atoms with van der Waals surface area (Å²) in [6, 6.07) is -0.00583. The summed E-state index contributed by atoms with van der Waals surface area (Å²) in [5.74, 6) is 0. The highest BCUT2D eigenvalue weighted by Gasteiger charge is 2.16. The van der Waals surface area contributed by atoms with E-state index in [1.807, 2.05) is 13.8 Å². The smallest absolute Gasteiger partial charge is 0.133 e. The Bertz CT molecular complexity index is 131. The number of rotatable bonds is 0. The van der Waals surface area contributed by atoms with E-state index in [0.29, 0.717) is 0 Å². The van der Waals surface area contributed by atoms with Crippen molar-refractivity contribution < 1.29 is 4.39 Å². The van der Waals surface area contributed by atoms with Gasteiger partial charge in [0, 0.05) is 12.6 Å². The number of nitrogens with one attached hydrogen (secondary N) is 1. The van der Waals surface area contributed by atoms with Gasteiger partial charge in [0.25, 0.3) is 0 Å². The van der Waals surface area contributed by atoms with Gasteiger partial charge in [-0.25, -0.2) is 4.39 Å². The number of hydrogen-bond acceptors (Lipinski definition) is 1. The molecule has 9 heavy (non-hydrogen) atoms. The van der Waals surface area contributed by atoms with Crippen LogP contribution in [0.3, 0.4) is 0 Å². The lowest BCUT2D eigenvalue weighted by Gasteiger charge is -2.21. The highest BCUT2D eigenvalue weighted by Crippen LogP contribution is 2.09. The molecule has 2 heteroatoms. The van der Waals surface area contributed by atoms with Crippen LogP contribution >= 0.6 is 0 Å². The van der Waals surface area contributed by atoms with E-state index >= 15 is 0 Å². The van der Waals surface area contributed by atoms with Gasteiger partial charge in [-0.3, -0.25) is 0 Å². The standard InChI is InChI=1S/C7H12FN/c1-5-3-7(8)6(2)9-4-5/h3,6-7,9H,4H2,1-2H3. The van der Waals surface area contributed by atoms with Crippen LogP contribution in [0.25, 0.3) is 0 Å². The van der Waals surface area contributed by atoms with Crippen LogP contribution in [0.4, 0.5) is 4.39 Å². The molecule has 0 amide bonds. The predicted octanol–water partition coefficient (Wildman–Crippen LogP) is 1.26. The number of alkyl halides is 1. The third-order valence-corrected chi connectivity index (χ3v) is 1.62. The van der Waals surface area contributed by atoms with Gasteiger partial charge in [0.15, 0.2) is 0 Å². The molecule has 1 nitrogen and oxygen atoms in total. The first-order valence-corrected chi connectivity index (χ1v) is 3.25. The van der Waals surface area contributed by atoms with Crippen molar-refractivity contribution in [3.8, 4) is 0 Å². The summed E-state index contributed by atoms with van der Waals surface area (Å²) < 4.78 is 12.7. The lowest BCUT2D eigenvalue weighted by molar-refractivity contribution is 0.305. The number of halogens is 1. The highest BCUT2D eigenvalue weighted by molar-refractivity contribution is 5.10. The first-order valence-electron chi connectivity index (χ1n) is 3.25. The van der Waals surface area contributed by atoms with E-state index < -0.39 is 6.17 Å². The Morgan fingerprint density at radius 3 is 2.89 bits per heavy atom. The molecule has 0 aromatic carbocycles. The van der Waals surface area contributed by atoms with Crippen molar-refractivity contribution in [2.24, 2.45) is 0 Å².